The molecule has 0 saturated carbocycles. The summed E-state index contributed by atoms with van der Waals surface area (Å²) >= 11 is 1.62. The van der Waals surface area contributed by atoms with Gasteiger partial charge in [0.25, 0.3) is 0 Å². The molecule has 0 amide bonds. The normalized spacial score (nSPS) is 10.3. The molecule has 128 valence electrons. The summed E-state index contributed by atoms with van der Waals surface area (Å²) in [5.41, 5.74) is 0. The largest absolute Gasteiger partial charge is 0.466 e. The summed E-state index contributed by atoms with van der Waals surface area (Å²) < 4.78 is 10.3. The van der Waals surface area contributed by atoms with E-state index < -0.39 is 5.97 Å². The molecule has 0 aromatic heterocycles. The third-order valence-electron chi connectivity index (χ3n) is 3.34. The van der Waals surface area contributed by atoms with Gasteiger partial charge in [-0.05, 0) is 36.9 Å². The second-order valence-corrected chi connectivity index (χ2v) is 6.16. The van der Waals surface area contributed by atoms with Gasteiger partial charge in [0.15, 0.2) is 0 Å². The third-order valence-corrected chi connectivity index (χ3v) is 4.08. The lowest BCUT2D eigenvalue weighted by atomic mass is 10.2. The van der Waals surface area contributed by atoms with E-state index in [1.54, 1.807) is 23.9 Å². The van der Waals surface area contributed by atoms with Gasteiger partial charge in [0.1, 0.15) is 5.75 Å². The standard InChI is InChI=1S/C18H26O4S/c1-3-4-5-6-7-14-21-17(19)12-13-18(20)22-15-8-10-16(23-2)11-9-15/h8-11H,3-7,12-14H2,1-2H3. The van der Waals surface area contributed by atoms with Crippen LogP contribution in [0, 0.1) is 0 Å². The van der Waals surface area contributed by atoms with Crippen LogP contribution in [0.25, 0.3) is 0 Å². The van der Waals surface area contributed by atoms with Crippen LogP contribution in [0.3, 0.4) is 0 Å². The zero-order chi connectivity index (χ0) is 16.9. The topological polar surface area (TPSA) is 52.6 Å². The van der Waals surface area contributed by atoms with Gasteiger partial charge < -0.3 is 9.47 Å². The van der Waals surface area contributed by atoms with E-state index in [-0.39, 0.29) is 18.8 Å². The monoisotopic (exact) mass is 338 g/mol. The minimum Gasteiger partial charge on any atom is -0.466 e. The molecule has 0 aliphatic carbocycles. The molecule has 0 aliphatic rings. The number of carbonyl (C=O) groups excluding carboxylic acids is 2. The number of ether oxygens (including phenoxy) is 2. The Kier molecular flexibility index (Phi) is 10.2. The summed E-state index contributed by atoms with van der Waals surface area (Å²) in [5, 5.41) is 0. The predicted octanol–water partition coefficient (Wildman–Crippen LogP) is 4.61. The average Bonchev–Trinajstić information content (AvgIpc) is 2.57. The molecule has 0 N–H and O–H groups in total. The Labute approximate surface area is 142 Å². The van der Waals surface area contributed by atoms with Gasteiger partial charge >= 0.3 is 11.9 Å². The van der Waals surface area contributed by atoms with E-state index >= 15 is 0 Å². The Morgan fingerprint density at radius 1 is 0.957 bits per heavy atom. The first-order valence-corrected chi connectivity index (χ1v) is 9.38. The Morgan fingerprint density at radius 2 is 1.61 bits per heavy atom. The lowest BCUT2D eigenvalue weighted by molar-refractivity contribution is -0.147. The number of unbranched alkanes of at least 4 members (excludes halogenated alkanes) is 4. The molecule has 0 bridgehead atoms. The number of benzene rings is 1. The van der Waals surface area contributed by atoms with Gasteiger partial charge in [0, 0.05) is 4.90 Å². The molecular formula is C18H26O4S. The van der Waals surface area contributed by atoms with Crippen molar-refractivity contribution in [2.75, 3.05) is 12.9 Å². The maximum absolute atomic E-state index is 11.7. The van der Waals surface area contributed by atoms with E-state index in [2.05, 4.69) is 6.92 Å². The van der Waals surface area contributed by atoms with Crippen molar-refractivity contribution < 1.29 is 19.1 Å². The van der Waals surface area contributed by atoms with Gasteiger partial charge in [0.05, 0.1) is 19.4 Å². The Balaban J connectivity index is 2.13. The van der Waals surface area contributed by atoms with E-state index in [9.17, 15) is 9.59 Å². The first kappa shape index (κ1) is 19.6. The fourth-order valence-corrected chi connectivity index (χ4v) is 2.40. The van der Waals surface area contributed by atoms with Gasteiger partial charge in [-0.15, -0.1) is 11.8 Å². The molecule has 0 aliphatic heterocycles. The van der Waals surface area contributed by atoms with Gasteiger partial charge in [-0.3, -0.25) is 9.59 Å². The van der Waals surface area contributed by atoms with Crippen LogP contribution < -0.4 is 4.74 Å². The van der Waals surface area contributed by atoms with Crippen molar-refractivity contribution >= 4 is 23.7 Å². The van der Waals surface area contributed by atoms with Crippen LogP contribution in [0.5, 0.6) is 5.75 Å². The lowest BCUT2D eigenvalue weighted by Crippen LogP contribution is -2.12. The quantitative estimate of drug-likeness (QED) is 0.255. The highest BCUT2D eigenvalue weighted by Crippen LogP contribution is 2.19. The zero-order valence-corrected chi connectivity index (χ0v) is 14.8. The van der Waals surface area contributed by atoms with Crippen LogP contribution in [0.4, 0.5) is 0 Å². The number of thioether (sulfide) groups is 1. The number of hydrogen-bond acceptors (Lipinski definition) is 5. The molecule has 1 aromatic rings. The fraction of sp³-hybridized carbons (Fsp3) is 0.556. The van der Waals surface area contributed by atoms with Crippen LogP contribution in [0.1, 0.15) is 51.9 Å². The van der Waals surface area contributed by atoms with E-state index in [1.807, 2.05) is 18.4 Å². The van der Waals surface area contributed by atoms with E-state index in [0.29, 0.717) is 12.4 Å². The Bertz CT molecular complexity index is 470. The van der Waals surface area contributed by atoms with E-state index in [0.717, 1.165) is 17.7 Å². The predicted molar refractivity (Wildman–Crippen MR) is 92.8 cm³/mol. The van der Waals surface area contributed by atoms with Crippen molar-refractivity contribution in [1.82, 2.24) is 0 Å². The molecule has 5 heteroatoms. The highest BCUT2D eigenvalue weighted by atomic mass is 32.2. The fourth-order valence-electron chi connectivity index (χ4n) is 1.99. The summed E-state index contributed by atoms with van der Waals surface area (Å²) in [6, 6.07) is 7.27. The van der Waals surface area contributed by atoms with Crippen LogP contribution in [-0.4, -0.2) is 24.8 Å². The summed E-state index contributed by atoms with van der Waals surface area (Å²) in [5.74, 6) is -0.255. The lowest BCUT2D eigenvalue weighted by Gasteiger charge is -2.06. The van der Waals surface area contributed by atoms with Crippen molar-refractivity contribution in [1.29, 1.82) is 0 Å². The first-order chi connectivity index (χ1) is 11.2. The third kappa shape index (κ3) is 9.29. The summed E-state index contributed by atoms with van der Waals surface area (Å²) in [6.45, 7) is 2.60. The Morgan fingerprint density at radius 3 is 2.26 bits per heavy atom. The highest BCUT2D eigenvalue weighted by molar-refractivity contribution is 7.98. The first-order valence-electron chi connectivity index (χ1n) is 8.16. The van der Waals surface area contributed by atoms with E-state index in [4.69, 9.17) is 9.47 Å². The Hall–Kier alpha value is -1.49. The van der Waals surface area contributed by atoms with Crippen molar-refractivity contribution in [3.8, 4) is 5.75 Å². The summed E-state index contributed by atoms with van der Waals surface area (Å²) in [7, 11) is 0. The molecule has 23 heavy (non-hydrogen) atoms. The molecule has 0 spiro atoms. The molecule has 1 aromatic carbocycles. The molecule has 4 nitrogen and oxygen atoms in total. The van der Waals surface area contributed by atoms with Crippen molar-refractivity contribution in [2.45, 2.75) is 56.8 Å². The second-order valence-electron chi connectivity index (χ2n) is 5.28. The van der Waals surface area contributed by atoms with E-state index in [1.165, 1.54) is 19.3 Å². The number of rotatable bonds is 11. The maximum Gasteiger partial charge on any atom is 0.311 e. The van der Waals surface area contributed by atoms with Crippen LogP contribution in [0.15, 0.2) is 29.2 Å². The van der Waals surface area contributed by atoms with Crippen molar-refractivity contribution in [3.05, 3.63) is 24.3 Å². The molecule has 0 radical (unpaired) electrons. The maximum atomic E-state index is 11.7. The number of carbonyl (C=O) groups is 2. The van der Waals surface area contributed by atoms with Gasteiger partial charge in [0.2, 0.25) is 0 Å². The molecule has 0 heterocycles. The molecule has 0 fully saturated rings. The van der Waals surface area contributed by atoms with Gasteiger partial charge in [-0.2, -0.15) is 0 Å². The molecule has 0 saturated heterocycles. The van der Waals surface area contributed by atoms with Gasteiger partial charge in [-0.1, -0.05) is 32.6 Å². The zero-order valence-electron chi connectivity index (χ0n) is 14.0. The molecule has 1 rings (SSSR count). The summed E-state index contributed by atoms with van der Waals surface area (Å²) in [4.78, 5) is 24.3. The van der Waals surface area contributed by atoms with Crippen LogP contribution >= 0.6 is 11.8 Å². The van der Waals surface area contributed by atoms with Crippen molar-refractivity contribution in [2.24, 2.45) is 0 Å². The SMILES string of the molecule is CCCCCCCOC(=O)CCC(=O)Oc1ccc(SC)cc1. The average molecular weight is 338 g/mol. The van der Waals surface area contributed by atoms with Gasteiger partial charge in [-0.25, -0.2) is 0 Å². The molecule has 0 atom stereocenters. The number of hydrogen-bond donors (Lipinski definition) is 0. The number of esters is 2. The van der Waals surface area contributed by atoms with Crippen LogP contribution in [-0.2, 0) is 14.3 Å². The minimum absolute atomic E-state index is 0.0406. The van der Waals surface area contributed by atoms with Crippen LogP contribution in [0.2, 0.25) is 0 Å². The molecule has 0 unspecified atom stereocenters. The highest BCUT2D eigenvalue weighted by Gasteiger charge is 2.10. The summed E-state index contributed by atoms with van der Waals surface area (Å²) in [6.07, 6.45) is 7.65. The smallest absolute Gasteiger partial charge is 0.311 e. The second kappa shape index (κ2) is 12.0. The minimum atomic E-state index is -0.415. The van der Waals surface area contributed by atoms with Crippen molar-refractivity contribution in [3.63, 3.8) is 0 Å². The molecular weight excluding hydrogens is 312 g/mol.